The second-order valence-electron chi connectivity index (χ2n) is 4.45. The first-order valence-electron chi connectivity index (χ1n) is 6.18. The Balaban J connectivity index is 2.56. The molecule has 0 amide bonds. The molecule has 0 aliphatic heterocycles. The van der Waals surface area contributed by atoms with Gasteiger partial charge in [0.2, 0.25) is 10.0 Å². The summed E-state index contributed by atoms with van der Waals surface area (Å²) in [6, 6.07) is 0.134. The minimum atomic E-state index is -3.28. The fourth-order valence-corrected chi connectivity index (χ4v) is 4.20. The standard InChI is InChI=1S/C11H21NO4S/c1-2-12(10-6-3-4-7-10)17(15,16)9-5-8-11(13)14/h10H,2-9H2,1H3,(H,13,14). The Bertz CT molecular complexity index is 346. The van der Waals surface area contributed by atoms with E-state index in [-0.39, 0.29) is 24.6 Å². The third-order valence-electron chi connectivity index (χ3n) is 3.19. The number of aliphatic carboxylic acids is 1. The summed E-state index contributed by atoms with van der Waals surface area (Å²) in [5, 5.41) is 8.51. The summed E-state index contributed by atoms with van der Waals surface area (Å²) >= 11 is 0. The molecule has 5 nitrogen and oxygen atoms in total. The number of carbonyl (C=O) groups is 1. The van der Waals surface area contributed by atoms with Crippen molar-refractivity contribution in [2.75, 3.05) is 12.3 Å². The molecule has 17 heavy (non-hydrogen) atoms. The molecule has 1 fully saturated rings. The van der Waals surface area contributed by atoms with Crippen molar-refractivity contribution in [2.45, 2.75) is 51.5 Å². The summed E-state index contributed by atoms with van der Waals surface area (Å²) < 4.78 is 25.7. The topological polar surface area (TPSA) is 74.7 Å². The predicted octanol–water partition coefficient (Wildman–Crippen LogP) is 1.45. The van der Waals surface area contributed by atoms with Crippen LogP contribution in [0.25, 0.3) is 0 Å². The molecule has 1 aliphatic rings. The van der Waals surface area contributed by atoms with Crippen molar-refractivity contribution >= 4 is 16.0 Å². The second-order valence-corrected chi connectivity index (χ2v) is 6.50. The van der Waals surface area contributed by atoms with Crippen molar-refractivity contribution in [3.63, 3.8) is 0 Å². The van der Waals surface area contributed by atoms with E-state index >= 15 is 0 Å². The fourth-order valence-electron chi connectivity index (χ4n) is 2.40. The Kier molecular flexibility index (Phi) is 5.39. The van der Waals surface area contributed by atoms with Gasteiger partial charge in [-0.3, -0.25) is 4.79 Å². The van der Waals surface area contributed by atoms with Crippen LogP contribution in [0.2, 0.25) is 0 Å². The SMILES string of the molecule is CCN(C1CCCC1)S(=O)(=O)CCCC(=O)O. The van der Waals surface area contributed by atoms with E-state index in [1.54, 1.807) is 4.31 Å². The lowest BCUT2D eigenvalue weighted by Crippen LogP contribution is -2.40. The Hall–Kier alpha value is -0.620. The van der Waals surface area contributed by atoms with Crippen LogP contribution in [0, 0.1) is 0 Å². The van der Waals surface area contributed by atoms with Gasteiger partial charge in [-0.2, -0.15) is 4.31 Å². The smallest absolute Gasteiger partial charge is 0.303 e. The molecule has 0 unspecified atom stereocenters. The molecular formula is C11H21NO4S. The molecular weight excluding hydrogens is 242 g/mol. The molecule has 6 heteroatoms. The predicted molar refractivity (Wildman–Crippen MR) is 65.3 cm³/mol. The number of nitrogens with zero attached hydrogens (tertiary/aromatic N) is 1. The number of hydrogen-bond acceptors (Lipinski definition) is 3. The Morgan fingerprint density at radius 3 is 2.41 bits per heavy atom. The fraction of sp³-hybridized carbons (Fsp3) is 0.909. The van der Waals surface area contributed by atoms with Crippen LogP contribution in [0.3, 0.4) is 0 Å². The van der Waals surface area contributed by atoms with E-state index in [1.165, 1.54) is 0 Å². The minimum absolute atomic E-state index is 0.0519. The largest absolute Gasteiger partial charge is 0.481 e. The van der Waals surface area contributed by atoms with Crippen molar-refractivity contribution in [3.05, 3.63) is 0 Å². The highest BCUT2D eigenvalue weighted by molar-refractivity contribution is 7.89. The lowest BCUT2D eigenvalue weighted by molar-refractivity contribution is -0.137. The zero-order valence-electron chi connectivity index (χ0n) is 10.3. The second kappa shape index (κ2) is 6.35. The van der Waals surface area contributed by atoms with E-state index in [4.69, 9.17) is 5.11 Å². The van der Waals surface area contributed by atoms with Gasteiger partial charge in [0.25, 0.3) is 0 Å². The maximum atomic E-state index is 12.1. The quantitative estimate of drug-likeness (QED) is 0.754. The van der Waals surface area contributed by atoms with Gasteiger partial charge in [0.05, 0.1) is 5.75 Å². The minimum Gasteiger partial charge on any atom is -0.481 e. The van der Waals surface area contributed by atoms with Crippen molar-refractivity contribution in [1.29, 1.82) is 0 Å². The highest BCUT2D eigenvalue weighted by atomic mass is 32.2. The van der Waals surface area contributed by atoms with Crippen LogP contribution < -0.4 is 0 Å². The maximum Gasteiger partial charge on any atom is 0.303 e. The van der Waals surface area contributed by atoms with Crippen molar-refractivity contribution in [3.8, 4) is 0 Å². The molecule has 100 valence electrons. The van der Waals surface area contributed by atoms with Crippen LogP contribution in [0.15, 0.2) is 0 Å². The van der Waals surface area contributed by atoms with E-state index in [0.29, 0.717) is 6.54 Å². The van der Waals surface area contributed by atoms with Gasteiger partial charge in [0.15, 0.2) is 0 Å². The molecule has 0 atom stereocenters. The lowest BCUT2D eigenvalue weighted by atomic mass is 10.2. The van der Waals surface area contributed by atoms with Crippen LogP contribution >= 0.6 is 0 Å². The Morgan fingerprint density at radius 2 is 1.94 bits per heavy atom. The molecule has 0 heterocycles. The van der Waals surface area contributed by atoms with Crippen LogP contribution in [-0.4, -0.2) is 42.1 Å². The molecule has 0 spiro atoms. The summed E-state index contributed by atoms with van der Waals surface area (Å²) in [7, 11) is -3.28. The van der Waals surface area contributed by atoms with Crippen molar-refractivity contribution < 1.29 is 18.3 Å². The van der Waals surface area contributed by atoms with E-state index < -0.39 is 16.0 Å². The zero-order chi connectivity index (χ0) is 12.9. The van der Waals surface area contributed by atoms with Gasteiger partial charge in [0.1, 0.15) is 0 Å². The highest BCUT2D eigenvalue weighted by Crippen LogP contribution is 2.25. The summed E-state index contributed by atoms with van der Waals surface area (Å²) in [5.74, 6) is -0.993. The molecule has 1 saturated carbocycles. The molecule has 0 aromatic carbocycles. The van der Waals surface area contributed by atoms with Crippen LogP contribution in [-0.2, 0) is 14.8 Å². The Morgan fingerprint density at radius 1 is 1.35 bits per heavy atom. The first kappa shape index (κ1) is 14.4. The summed E-state index contributed by atoms with van der Waals surface area (Å²) in [5.41, 5.74) is 0. The maximum absolute atomic E-state index is 12.1. The number of rotatable bonds is 7. The summed E-state index contributed by atoms with van der Waals surface area (Å²) in [6.45, 7) is 2.33. The molecule has 1 rings (SSSR count). The van der Waals surface area contributed by atoms with Gasteiger partial charge < -0.3 is 5.11 Å². The Labute approximate surface area is 103 Å². The molecule has 1 aliphatic carbocycles. The molecule has 0 radical (unpaired) electrons. The van der Waals surface area contributed by atoms with Crippen LogP contribution in [0.4, 0.5) is 0 Å². The molecule has 0 aromatic heterocycles. The third-order valence-corrected chi connectivity index (χ3v) is 5.27. The monoisotopic (exact) mass is 263 g/mol. The van der Waals surface area contributed by atoms with E-state index in [9.17, 15) is 13.2 Å². The van der Waals surface area contributed by atoms with Gasteiger partial charge in [-0.1, -0.05) is 19.8 Å². The normalized spacial score (nSPS) is 17.8. The van der Waals surface area contributed by atoms with Crippen molar-refractivity contribution in [2.24, 2.45) is 0 Å². The van der Waals surface area contributed by atoms with Gasteiger partial charge in [-0.25, -0.2) is 8.42 Å². The van der Waals surface area contributed by atoms with Gasteiger partial charge in [-0.15, -0.1) is 0 Å². The van der Waals surface area contributed by atoms with E-state index in [1.807, 2.05) is 6.92 Å². The van der Waals surface area contributed by atoms with Gasteiger partial charge in [0, 0.05) is 19.0 Å². The zero-order valence-corrected chi connectivity index (χ0v) is 11.1. The number of hydrogen-bond donors (Lipinski definition) is 1. The summed E-state index contributed by atoms with van der Waals surface area (Å²) in [4.78, 5) is 10.4. The summed E-state index contributed by atoms with van der Waals surface area (Å²) in [6.07, 6.45) is 4.16. The van der Waals surface area contributed by atoms with Crippen LogP contribution in [0.1, 0.15) is 45.4 Å². The van der Waals surface area contributed by atoms with Gasteiger partial charge in [-0.05, 0) is 19.3 Å². The van der Waals surface area contributed by atoms with Crippen LogP contribution in [0.5, 0.6) is 0 Å². The van der Waals surface area contributed by atoms with Gasteiger partial charge >= 0.3 is 5.97 Å². The van der Waals surface area contributed by atoms with E-state index in [0.717, 1.165) is 25.7 Å². The molecule has 0 saturated heterocycles. The average Bonchev–Trinajstić information content (AvgIpc) is 2.70. The highest BCUT2D eigenvalue weighted by Gasteiger charge is 2.30. The average molecular weight is 263 g/mol. The molecule has 1 N–H and O–H groups in total. The van der Waals surface area contributed by atoms with Crippen molar-refractivity contribution in [1.82, 2.24) is 4.31 Å². The number of sulfonamides is 1. The molecule has 0 aromatic rings. The number of carboxylic acid groups (broad SMARTS) is 1. The van der Waals surface area contributed by atoms with E-state index in [2.05, 4.69) is 0 Å². The third kappa shape index (κ3) is 4.27. The number of carboxylic acids is 1. The molecule has 0 bridgehead atoms. The first-order chi connectivity index (χ1) is 7.97. The first-order valence-corrected chi connectivity index (χ1v) is 7.79. The lowest BCUT2D eigenvalue weighted by Gasteiger charge is -2.26.